The maximum Gasteiger partial charge on any atom is 0.306 e. The van der Waals surface area contributed by atoms with E-state index in [-0.39, 0.29) is 25.2 Å². The molecule has 1 unspecified atom stereocenters. The third kappa shape index (κ3) is 37.6. The van der Waals surface area contributed by atoms with Gasteiger partial charge in [-0.3, -0.25) is 9.59 Å². The van der Waals surface area contributed by atoms with Crippen LogP contribution in [0.15, 0.2) is 97.2 Å². The molecule has 0 fully saturated rings. The van der Waals surface area contributed by atoms with Crippen LogP contribution >= 0.6 is 0 Å². The number of aliphatic hydroxyl groups is 1. The lowest BCUT2D eigenvalue weighted by Crippen LogP contribution is -2.28. The molecule has 0 aromatic rings. The van der Waals surface area contributed by atoms with Crippen LogP contribution in [0.2, 0.25) is 0 Å². The molecule has 0 heterocycles. The van der Waals surface area contributed by atoms with E-state index < -0.39 is 6.10 Å². The van der Waals surface area contributed by atoms with Crippen molar-refractivity contribution >= 4 is 11.9 Å². The number of carbonyl (C=O) groups is 2. The number of hydrogen-bond donors (Lipinski definition) is 1. The van der Waals surface area contributed by atoms with Gasteiger partial charge in [0.15, 0.2) is 6.10 Å². The minimum Gasteiger partial charge on any atom is -0.462 e. The van der Waals surface area contributed by atoms with Crippen molar-refractivity contribution in [1.29, 1.82) is 0 Å². The molecular weight excluding hydrogens is 620 g/mol. The summed E-state index contributed by atoms with van der Waals surface area (Å²) in [5.74, 6) is -0.700. The van der Waals surface area contributed by atoms with Crippen LogP contribution in [-0.2, 0) is 19.1 Å². The molecule has 0 radical (unpaired) electrons. The van der Waals surface area contributed by atoms with E-state index in [1.54, 1.807) is 0 Å². The lowest BCUT2D eigenvalue weighted by molar-refractivity contribution is -0.161. The van der Waals surface area contributed by atoms with Gasteiger partial charge in [0, 0.05) is 12.8 Å². The molecule has 0 aliphatic carbocycles. The maximum atomic E-state index is 12.2. The van der Waals surface area contributed by atoms with Crippen LogP contribution in [0.25, 0.3) is 0 Å². The number of esters is 2. The van der Waals surface area contributed by atoms with Crippen LogP contribution in [0.5, 0.6) is 0 Å². The first-order valence-electron chi connectivity index (χ1n) is 19.8. The Kier molecular flexibility index (Phi) is 37.7. The van der Waals surface area contributed by atoms with E-state index in [0.29, 0.717) is 19.3 Å². The Hall–Kier alpha value is -3.18. The fraction of sp³-hybridized carbons (Fsp3) is 0.600. The van der Waals surface area contributed by atoms with Crippen molar-refractivity contribution < 1.29 is 24.2 Å². The highest BCUT2D eigenvalue weighted by molar-refractivity contribution is 5.70. The summed E-state index contributed by atoms with van der Waals surface area (Å²) in [4.78, 5) is 24.2. The Morgan fingerprint density at radius 1 is 0.480 bits per heavy atom. The molecule has 50 heavy (non-hydrogen) atoms. The van der Waals surface area contributed by atoms with Crippen molar-refractivity contribution in [1.82, 2.24) is 0 Å². The van der Waals surface area contributed by atoms with E-state index in [0.717, 1.165) is 77.0 Å². The molecule has 0 aromatic carbocycles. The molecule has 5 nitrogen and oxygen atoms in total. The Morgan fingerprint density at radius 2 is 0.880 bits per heavy atom. The van der Waals surface area contributed by atoms with Gasteiger partial charge in [0.2, 0.25) is 0 Å². The van der Waals surface area contributed by atoms with Gasteiger partial charge >= 0.3 is 11.9 Å². The second-order valence-corrected chi connectivity index (χ2v) is 12.6. The number of hydrogen-bond acceptors (Lipinski definition) is 5. The molecule has 0 saturated carbocycles. The topological polar surface area (TPSA) is 72.8 Å². The zero-order valence-corrected chi connectivity index (χ0v) is 31.9. The van der Waals surface area contributed by atoms with Gasteiger partial charge in [-0.15, -0.1) is 0 Å². The molecular formula is C45H72O5. The summed E-state index contributed by atoms with van der Waals surface area (Å²) in [5, 5.41) is 9.55. The number of ether oxygens (including phenoxy) is 2. The highest BCUT2D eigenvalue weighted by Crippen LogP contribution is 2.09. The van der Waals surface area contributed by atoms with E-state index in [1.165, 1.54) is 44.9 Å². The Morgan fingerprint density at radius 3 is 1.36 bits per heavy atom. The zero-order chi connectivity index (χ0) is 36.4. The standard InChI is InChI=1S/C45H72O5/c1-3-5-7-9-11-13-15-17-19-21-22-24-26-28-30-32-34-36-38-40-45(48)50-43(41-46)42-49-44(47)39-37-35-33-31-29-27-25-23-20-18-16-14-12-10-8-6-4-2/h5,7,11,13,17-20,22,24-25,27-28,30-31,33,43,46H,3-4,6,8-10,12,14-16,21,23,26,29,32,34-42H2,1-2H3. The van der Waals surface area contributed by atoms with Gasteiger partial charge in [0.05, 0.1) is 6.61 Å². The van der Waals surface area contributed by atoms with E-state index in [2.05, 4.69) is 111 Å². The summed E-state index contributed by atoms with van der Waals surface area (Å²) in [6.07, 6.45) is 56.1. The maximum absolute atomic E-state index is 12.2. The first-order valence-corrected chi connectivity index (χ1v) is 19.8. The van der Waals surface area contributed by atoms with Gasteiger partial charge in [-0.25, -0.2) is 0 Å². The zero-order valence-electron chi connectivity index (χ0n) is 31.9. The quantitative estimate of drug-likeness (QED) is 0.0413. The molecule has 0 rings (SSSR count). The van der Waals surface area contributed by atoms with Crippen LogP contribution in [0.1, 0.15) is 155 Å². The van der Waals surface area contributed by atoms with Gasteiger partial charge in [-0.05, 0) is 89.9 Å². The average Bonchev–Trinajstić information content (AvgIpc) is 3.12. The molecule has 1 atom stereocenters. The van der Waals surface area contributed by atoms with E-state index >= 15 is 0 Å². The van der Waals surface area contributed by atoms with Gasteiger partial charge in [0.25, 0.3) is 0 Å². The molecule has 5 heteroatoms. The van der Waals surface area contributed by atoms with Crippen molar-refractivity contribution in [2.75, 3.05) is 13.2 Å². The minimum atomic E-state index is -0.815. The van der Waals surface area contributed by atoms with Crippen molar-refractivity contribution in [2.45, 2.75) is 161 Å². The molecule has 0 bridgehead atoms. The lowest BCUT2D eigenvalue weighted by atomic mass is 10.1. The summed E-state index contributed by atoms with van der Waals surface area (Å²) < 4.78 is 10.5. The summed E-state index contributed by atoms with van der Waals surface area (Å²) >= 11 is 0. The molecule has 0 spiro atoms. The molecule has 0 amide bonds. The number of carbonyl (C=O) groups excluding carboxylic acids is 2. The van der Waals surface area contributed by atoms with Crippen molar-refractivity contribution in [3.63, 3.8) is 0 Å². The van der Waals surface area contributed by atoms with E-state index in [1.807, 2.05) is 0 Å². The van der Waals surface area contributed by atoms with Gasteiger partial charge in [-0.2, -0.15) is 0 Å². The van der Waals surface area contributed by atoms with Gasteiger partial charge in [0.1, 0.15) is 6.61 Å². The molecule has 282 valence electrons. The third-order valence-corrected chi connectivity index (χ3v) is 7.86. The summed E-state index contributed by atoms with van der Waals surface area (Å²) in [6.45, 7) is 3.92. The van der Waals surface area contributed by atoms with Crippen molar-refractivity contribution in [3.8, 4) is 0 Å². The van der Waals surface area contributed by atoms with Crippen molar-refractivity contribution in [3.05, 3.63) is 97.2 Å². The first-order chi connectivity index (χ1) is 24.6. The predicted molar refractivity (Wildman–Crippen MR) is 214 cm³/mol. The van der Waals surface area contributed by atoms with Crippen LogP contribution in [0.3, 0.4) is 0 Å². The average molecular weight is 693 g/mol. The van der Waals surface area contributed by atoms with Gasteiger partial charge in [-0.1, -0.05) is 150 Å². The van der Waals surface area contributed by atoms with Crippen LogP contribution in [0.4, 0.5) is 0 Å². The molecule has 0 aliphatic heterocycles. The smallest absolute Gasteiger partial charge is 0.306 e. The Balaban J connectivity index is 3.75. The largest absolute Gasteiger partial charge is 0.462 e. The van der Waals surface area contributed by atoms with Gasteiger partial charge < -0.3 is 14.6 Å². The number of aliphatic hydroxyl groups excluding tert-OH is 1. The fourth-order valence-electron chi connectivity index (χ4n) is 4.89. The molecule has 0 aliphatic rings. The number of rotatable bonds is 34. The van der Waals surface area contributed by atoms with Crippen LogP contribution < -0.4 is 0 Å². The van der Waals surface area contributed by atoms with Crippen LogP contribution in [0, 0.1) is 0 Å². The van der Waals surface area contributed by atoms with Crippen LogP contribution in [-0.4, -0.2) is 36.4 Å². The first kappa shape index (κ1) is 46.8. The SMILES string of the molecule is CCC=CCC=CCC=CCC=CCC=CCCCCCC(=O)OC(CO)COC(=O)CCCC=CCC=CCC=CCCCCCCCC. The highest BCUT2D eigenvalue weighted by Gasteiger charge is 2.15. The van der Waals surface area contributed by atoms with E-state index in [4.69, 9.17) is 9.47 Å². The highest BCUT2D eigenvalue weighted by atomic mass is 16.6. The number of unbranched alkanes of at least 4 members (excludes halogenated alkanes) is 10. The third-order valence-electron chi connectivity index (χ3n) is 7.86. The Bertz CT molecular complexity index is 1010. The van der Waals surface area contributed by atoms with E-state index in [9.17, 15) is 14.7 Å². The Labute approximate surface area is 307 Å². The summed E-state index contributed by atoms with van der Waals surface area (Å²) in [6, 6.07) is 0. The summed E-state index contributed by atoms with van der Waals surface area (Å²) in [5.41, 5.74) is 0. The molecule has 0 aromatic heterocycles. The molecule has 0 saturated heterocycles. The fourth-order valence-corrected chi connectivity index (χ4v) is 4.89. The second-order valence-electron chi connectivity index (χ2n) is 12.6. The normalized spacial score (nSPS) is 13.3. The number of allylic oxidation sites excluding steroid dienone is 16. The summed E-state index contributed by atoms with van der Waals surface area (Å²) in [7, 11) is 0. The predicted octanol–water partition coefficient (Wildman–Crippen LogP) is 12.5. The second kappa shape index (κ2) is 40.3. The lowest BCUT2D eigenvalue weighted by Gasteiger charge is -2.15. The van der Waals surface area contributed by atoms with Crippen molar-refractivity contribution in [2.24, 2.45) is 0 Å². The minimum absolute atomic E-state index is 0.112. The molecule has 1 N–H and O–H groups in total. The monoisotopic (exact) mass is 693 g/mol.